The van der Waals surface area contributed by atoms with Crippen LogP contribution in [0.2, 0.25) is 10.0 Å². The summed E-state index contributed by atoms with van der Waals surface area (Å²) in [7, 11) is 0. The number of halogens is 3. The van der Waals surface area contributed by atoms with Crippen molar-refractivity contribution in [2.24, 2.45) is 0 Å². The van der Waals surface area contributed by atoms with Gasteiger partial charge in [0.1, 0.15) is 11.9 Å². The first-order valence-electron chi connectivity index (χ1n) is 11.2. The Morgan fingerprint density at radius 2 is 1.73 bits per heavy atom. The second kappa shape index (κ2) is 12.6. The maximum Gasteiger partial charge on any atom is 0.242 e. The Morgan fingerprint density at radius 3 is 2.39 bits per heavy atom. The number of amides is 2. The molecule has 1 atom stereocenters. The average Bonchev–Trinajstić information content (AvgIpc) is 2.81. The molecule has 2 amide bonds. The number of hydrogen-bond acceptors (Lipinski definition) is 3. The van der Waals surface area contributed by atoms with E-state index in [9.17, 15) is 14.0 Å². The fraction of sp³-hybridized carbons (Fsp3) is 0.440. The zero-order chi connectivity index (χ0) is 23.8. The second-order valence-electron chi connectivity index (χ2n) is 8.41. The van der Waals surface area contributed by atoms with Crippen molar-refractivity contribution >= 4 is 46.8 Å². The lowest BCUT2D eigenvalue weighted by Gasteiger charge is -2.31. The topological polar surface area (TPSA) is 49.4 Å². The number of carbonyl (C=O) groups is 2. The van der Waals surface area contributed by atoms with Crippen molar-refractivity contribution in [3.63, 3.8) is 0 Å². The Labute approximate surface area is 209 Å². The van der Waals surface area contributed by atoms with Crippen molar-refractivity contribution in [3.05, 3.63) is 69.5 Å². The van der Waals surface area contributed by atoms with E-state index >= 15 is 0 Å². The molecule has 1 saturated carbocycles. The van der Waals surface area contributed by atoms with E-state index in [1.54, 1.807) is 36.1 Å². The summed E-state index contributed by atoms with van der Waals surface area (Å²) >= 11 is 13.6. The van der Waals surface area contributed by atoms with Crippen LogP contribution in [-0.4, -0.2) is 34.6 Å². The number of benzene rings is 2. The highest BCUT2D eigenvalue weighted by Gasteiger charge is 2.28. The van der Waals surface area contributed by atoms with Gasteiger partial charge in [-0.2, -0.15) is 0 Å². The number of nitrogens with zero attached hydrogens (tertiary/aromatic N) is 1. The Kier molecular flexibility index (Phi) is 9.90. The van der Waals surface area contributed by atoms with Gasteiger partial charge < -0.3 is 10.2 Å². The fourth-order valence-electron chi connectivity index (χ4n) is 3.91. The third-order valence-corrected chi connectivity index (χ3v) is 7.59. The zero-order valence-electron chi connectivity index (χ0n) is 18.7. The molecule has 0 heterocycles. The highest BCUT2D eigenvalue weighted by molar-refractivity contribution is 7.99. The quantitative estimate of drug-likeness (QED) is 0.434. The molecule has 1 fully saturated rings. The summed E-state index contributed by atoms with van der Waals surface area (Å²) in [6, 6.07) is 11.0. The lowest BCUT2D eigenvalue weighted by molar-refractivity contribution is -0.139. The highest BCUT2D eigenvalue weighted by atomic mass is 35.5. The molecule has 2 aromatic carbocycles. The third kappa shape index (κ3) is 7.90. The molecule has 33 heavy (non-hydrogen) atoms. The predicted octanol–water partition coefficient (Wildman–Crippen LogP) is 6.23. The summed E-state index contributed by atoms with van der Waals surface area (Å²) in [5.41, 5.74) is 1.74. The van der Waals surface area contributed by atoms with Gasteiger partial charge in [-0.3, -0.25) is 9.59 Å². The Morgan fingerprint density at radius 1 is 1.06 bits per heavy atom. The van der Waals surface area contributed by atoms with Crippen LogP contribution in [-0.2, 0) is 21.9 Å². The van der Waals surface area contributed by atoms with Gasteiger partial charge in [-0.1, -0.05) is 60.7 Å². The predicted molar refractivity (Wildman–Crippen MR) is 134 cm³/mol. The van der Waals surface area contributed by atoms with Gasteiger partial charge in [0.25, 0.3) is 0 Å². The lowest BCUT2D eigenvalue weighted by atomic mass is 9.95. The third-order valence-electron chi connectivity index (χ3n) is 5.86. The Hall–Kier alpha value is -1.76. The number of thioether (sulfide) groups is 1. The monoisotopic (exact) mass is 510 g/mol. The van der Waals surface area contributed by atoms with Crippen molar-refractivity contribution in [3.8, 4) is 0 Å². The minimum atomic E-state index is -0.625. The van der Waals surface area contributed by atoms with Crippen LogP contribution in [0.25, 0.3) is 0 Å². The molecule has 1 aliphatic rings. The summed E-state index contributed by atoms with van der Waals surface area (Å²) < 4.78 is 13.1. The van der Waals surface area contributed by atoms with Crippen LogP contribution < -0.4 is 5.32 Å². The van der Waals surface area contributed by atoms with Crippen LogP contribution in [0.3, 0.4) is 0 Å². The summed E-state index contributed by atoms with van der Waals surface area (Å²) in [6.45, 7) is 2.02. The van der Waals surface area contributed by atoms with Crippen LogP contribution in [0.4, 0.5) is 4.39 Å². The highest BCUT2D eigenvalue weighted by Crippen LogP contribution is 2.24. The van der Waals surface area contributed by atoms with Crippen molar-refractivity contribution in [2.45, 2.75) is 63.4 Å². The maximum atomic E-state index is 13.2. The zero-order valence-corrected chi connectivity index (χ0v) is 21.0. The molecule has 0 bridgehead atoms. The van der Waals surface area contributed by atoms with Crippen LogP contribution >= 0.6 is 35.0 Å². The number of carbonyl (C=O) groups excluding carboxylic acids is 2. The van der Waals surface area contributed by atoms with Crippen molar-refractivity contribution < 1.29 is 14.0 Å². The van der Waals surface area contributed by atoms with Gasteiger partial charge in [-0.25, -0.2) is 4.39 Å². The van der Waals surface area contributed by atoms with Gasteiger partial charge in [0.05, 0.1) is 15.8 Å². The summed E-state index contributed by atoms with van der Waals surface area (Å²) in [4.78, 5) is 27.8. The molecule has 1 unspecified atom stereocenters. The Bertz CT molecular complexity index is 952. The van der Waals surface area contributed by atoms with Crippen LogP contribution in [0.5, 0.6) is 0 Å². The minimum Gasteiger partial charge on any atom is -0.352 e. The standard InChI is InChI=1S/C25H29Cl2FN2O2S/c1-17(25(32)29-21-5-3-2-4-6-21)30(14-19-9-12-22(26)23(27)13-19)24(31)16-33-15-18-7-10-20(28)11-8-18/h7-13,17,21H,2-6,14-16H2,1H3,(H,29,32). The Balaban J connectivity index is 1.67. The average molecular weight is 511 g/mol. The molecule has 1 N–H and O–H groups in total. The van der Waals surface area contributed by atoms with E-state index in [-0.39, 0.29) is 36.0 Å². The van der Waals surface area contributed by atoms with E-state index in [2.05, 4.69) is 5.32 Å². The number of nitrogens with one attached hydrogen (secondary N) is 1. The molecule has 0 aromatic heterocycles. The van der Waals surface area contributed by atoms with Crippen LogP contribution in [0, 0.1) is 5.82 Å². The fourth-order valence-corrected chi connectivity index (χ4v) is 5.10. The SMILES string of the molecule is CC(C(=O)NC1CCCCC1)N(Cc1ccc(Cl)c(Cl)c1)C(=O)CSCc1ccc(F)cc1. The maximum absolute atomic E-state index is 13.2. The molecule has 0 spiro atoms. The molecular weight excluding hydrogens is 482 g/mol. The molecule has 8 heteroatoms. The summed E-state index contributed by atoms with van der Waals surface area (Å²) in [6.07, 6.45) is 5.39. The minimum absolute atomic E-state index is 0.139. The lowest BCUT2D eigenvalue weighted by Crippen LogP contribution is -2.50. The molecule has 3 rings (SSSR count). The van der Waals surface area contributed by atoms with E-state index in [0.29, 0.717) is 15.8 Å². The van der Waals surface area contributed by atoms with Gasteiger partial charge in [-0.05, 0) is 55.2 Å². The van der Waals surface area contributed by atoms with Gasteiger partial charge in [0.2, 0.25) is 11.8 Å². The normalized spacial score (nSPS) is 15.2. The summed E-state index contributed by atoms with van der Waals surface area (Å²) in [5.74, 6) is 0.221. The molecule has 0 radical (unpaired) electrons. The van der Waals surface area contributed by atoms with E-state index in [1.807, 2.05) is 6.07 Å². The van der Waals surface area contributed by atoms with Gasteiger partial charge >= 0.3 is 0 Å². The first-order valence-corrected chi connectivity index (χ1v) is 13.1. The van der Waals surface area contributed by atoms with Crippen molar-refractivity contribution in [2.75, 3.05) is 5.75 Å². The molecule has 178 valence electrons. The molecule has 0 aliphatic heterocycles. The molecular formula is C25H29Cl2FN2O2S. The first-order chi connectivity index (χ1) is 15.8. The van der Waals surface area contributed by atoms with Gasteiger partial charge in [0, 0.05) is 18.3 Å². The number of rotatable bonds is 9. The second-order valence-corrected chi connectivity index (χ2v) is 10.2. The number of hydrogen-bond donors (Lipinski definition) is 1. The first kappa shape index (κ1) is 25.9. The molecule has 4 nitrogen and oxygen atoms in total. The van der Waals surface area contributed by atoms with Gasteiger partial charge in [-0.15, -0.1) is 11.8 Å². The van der Waals surface area contributed by atoms with Crippen molar-refractivity contribution in [1.29, 1.82) is 0 Å². The smallest absolute Gasteiger partial charge is 0.242 e. The van der Waals surface area contributed by atoms with E-state index in [4.69, 9.17) is 23.2 Å². The molecule has 0 saturated heterocycles. The van der Waals surface area contributed by atoms with Gasteiger partial charge in [0.15, 0.2) is 0 Å². The van der Waals surface area contributed by atoms with Crippen LogP contribution in [0.1, 0.15) is 50.2 Å². The van der Waals surface area contributed by atoms with E-state index in [0.717, 1.165) is 36.8 Å². The summed E-state index contributed by atoms with van der Waals surface area (Å²) in [5, 5.41) is 3.97. The molecule has 1 aliphatic carbocycles. The van der Waals surface area contributed by atoms with Crippen LogP contribution in [0.15, 0.2) is 42.5 Å². The largest absolute Gasteiger partial charge is 0.352 e. The van der Waals surface area contributed by atoms with E-state index < -0.39 is 6.04 Å². The van der Waals surface area contributed by atoms with Crippen molar-refractivity contribution in [1.82, 2.24) is 10.2 Å². The molecule has 2 aromatic rings. The van der Waals surface area contributed by atoms with E-state index in [1.165, 1.54) is 30.3 Å².